The van der Waals surface area contributed by atoms with E-state index in [0.29, 0.717) is 11.5 Å². The quantitative estimate of drug-likeness (QED) is 0.769. The SMILES string of the molecule is NCC(=O)c1ccc(OCC2CCNCC2)cc1. The van der Waals surface area contributed by atoms with E-state index in [-0.39, 0.29) is 12.3 Å². The van der Waals surface area contributed by atoms with Gasteiger partial charge in [0.1, 0.15) is 5.75 Å². The Balaban J connectivity index is 1.84. The average molecular weight is 248 g/mol. The smallest absolute Gasteiger partial charge is 0.176 e. The number of ketones is 1. The molecule has 1 aliphatic rings. The number of nitrogens with two attached hydrogens (primary N) is 1. The lowest BCUT2D eigenvalue weighted by Gasteiger charge is -2.22. The maximum Gasteiger partial charge on any atom is 0.176 e. The third-order valence-corrected chi connectivity index (χ3v) is 3.31. The lowest BCUT2D eigenvalue weighted by Crippen LogP contribution is -2.30. The zero-order chi connectivity index (χ0) is 12.8. The predicted octanol–water partition coefficient (Wildman–Crippen LogP) is 1.21. The van der Waals surface area contributed by atoms with Crippen LogP contribution in [0.15, 0.2) is 24.3 Å². The van der Waals surface area contributed by atoms with Crippen LogP contribution in [-0.4, -0.2) is 32.0 Å². The molecule has 0 spiro atoms. The highest BCUT2D eigenvalue weighted by molar-refractivity contribution is 5.97. The predicted molar refractivity (Wildman–Crippen MR) is 70.9 cm³/mol. The monoisotopic (exact) mass is 248 g/mol. The van der Waals surface area contributed by atoms with Crippen molar-refractivity contribution in [3.05, 3.63) is 29.8 Å². The first-order valence-electron chi connectivity index (χ1n) is 6.46. The molecule has 0 unspecified atom stereocenters. The molecule has 3 N–H and O–H groups in total. The van der Waals surface area contributed by atoms with E-state index in [4.69, 9.17) is 10.5 Å². The third kappa shape index (κ3) is 3.55. The van der Waals surface area contributed by atoms with Gasteiger partial charge in [0.2, 0.25) is 0 Å². The Labute approximate surface area is 108 Å². The van der Waals surface area contributed by atoms with Gasteiger partial charge in [-0.3, -0.25) is 4.79 Å². The van der Waals surface area contributed by atoms with Crippen LogP contribution >= 0.6 is 0 Å². The second-order valence-electron chi connectivity index (χ2n) is 4.66. The summed E-state index contributed by atoms with van der Waals surface area (Å²) in [4.78, 5) is 11.4. The highest BCUT2D eigenvalue weighted by Crippen LogP contribution is 2.17. The maximum atomic E-state index is 11.4. The highest BCUT2D eigenvalue weighted by Gasteiger charge is 2.13. The normalized spacial score (nSPS) is 16.5. The van der Waals surface area contributed by atoms with Crippen molar-refractivity contribution in [1.82, 2.24) is 5.32 Å². The van der Waals surface area contributed by atoms with Crippen molar-refractivity contribution in [2.45, 2.75) is 12.8 Å². The highest BCUT2D eigenvalue weighted by atomic mass is 16.5. The Morgan fingerprint density at radius 3 is 2.56 bits per heavy atom. The molecule has 4 heteroatoms. The van der Waals surface area contributed by atoms with Crippen LogP contribution in [-0.2, 0) is 0 Å². The van der Waals surface area contributed by atoms with Crippen LogP contribution in [0.25, 0.3) is 0 Å². The van der Waals surface area contributed by atoms with Gasteiger partial charge in [0, 0.05) is 5.56 Å². The number of hydrogen-bond donors (Lipinski definition) is 2. The number of Topliss-reactive ketones (excluding diaryl/α,β-unsaturated/α-hetero) is 1. The van der Waals surface area contributed by atoms with Crippen LogP contribution in [0.4, 0.5) is 0 Å². The van der Waals surface area contributed by atoms with Gasteiger partial charge in [-0.2, -0.15) is 0 Å². The lowest BCUT2D eigenvalue weighted by molar-refractivity contribution is 0.100. The van der Waals surface area contributed by atoms with Crippen LogP contribution in [0, 0.1) is 5.92 Å². The number of benzene rings is 1. The largest absolute Gasteiger partial charge is 0.493 e. The summed E-state index contributed by atoms with van der Waals surface area (Å²) in [6.45, 7) is 2.97. The fourth-order valence-corrected chi connectivity index (χ4v) is 2.12. The summed E-state index contributed by atoms with van der Waals surface area (Å²) in [6.07, 6.45) is 2.34. The van der Waals surface area contributed by atoms with Crippen molar-refractivity contribution >= 4 is 5.78 Å². The van der Waals surface area contributed by atoms with Gasteiger partial charge >= 0.3 is 0 Å². The molecule has 1 aromatic rings. The van der Waals surface area contributed by atoms with Crippen molar-refractivity contribution < 1.29 is 9.53 Å². The second kappa shape index (κ2) is 6.52. The average Bonchev–Trinajstić information content (AvgIpc) is 2.46. The fourth-order valence-electron chi connectivity index (χ4n) is 2.12. The molecule has 1 aromatic carbocycles. The van der Waals surface area contributed by atoms with E-state index in [1.807, 2.05) is 12.1 Å². The number of rotatable bonds is 5. The maximum absolute atomic E-state index is 11.4. The van der Waals surface area contributed by atoms with Crippen molar-refractivity contribution in [2.24, 2.45) is 11.7 Å². The summed E-state index contributed by atoms with van der Waals surface area (Å²) in [7, 11) is 0. The molecule has 0 aromatic heterocycles. The molecule has 1 aliphatic heterocycles. The summed E-state index contributed by atoms with van der Waals surface area (Å²) in [5, 5.41) is 3.33. The molecular formula is C14H20N2O2. The van der Waals surface area contributed by atoms with E-state index < -0.39 is 0 Å². The molecule has 0 saturated carbocycles. The molecule has 1 fully saturated rings. The first-order chi connectivity index (χ1) is 8.79. The van der Waals surface area contributed by atoms with Gasteiger partial charge in [-0.15, -0.1) is 0 Å². The van der Waals surface area contributed by atoms with Crippen LogP contribution in [0.2, 0.25) is 0 Å². The third-order valence-electron chi connectivity index (χ3n) is 3.31. The molecule has 1 heterocycles. The zero-order valence-electron chi connectivity index (χ0n) is 10.5. The van der Waals surface area contributed by atoms with Crippen molar-refractivity contribution in [3.63, 3.8) is 0 Å². The Bertz CT molecular complexity index is 383. The second-order valence-corrected chi connectivity index (χ2v) is 4.66. The van der Waals surface area contributed by atoms with Crippen molar-refractivity contribution in [1.29, 1.82) is 0 Å². The molecule has 98 valence electrons. The van der Waals surface area contributed by atoms with Gasteiger partial charge in [-0.1, -0.05) is 0 Å². The Morgan fingerprint density at radius 2 is 1.94 bits per heavy atom. The summed E-state index contributed by atoms with van der Waals surface area (Å²) in [5.41, 5.74) is 5.96. The number of carbonyl (C=O) groups is 1. The van der Waals surface area contributed by atoms with Gasteiger partial charge < -0.3 is 15.8 Å². The number of carbonyl (C=O) groups excluding carboxylic acids is 1. The minimum absolute atomic E-state index is 0.0418. The van der Waals surface area contributed by atoms with Gasteiger partial charge in [-0.05, 0) is 56.1 Å². The molecule has 0 radical (unpaired) electrons. The molecule has 0 atom stereocenters. The molecule has 0 bridgehead atoms. The number of hydrogen-bond acceptors (Lipinski definition) is 4. The van der Waals surface area contributed by atoms with Crippen LogP contribution in [0.1, 0.15) is 23.2 Å². The first-order valence-corrected chi connectivity index (χ1v) is 6.46. The molecular weight excluding hydrogens is 228 g/mol. The topological polar surface area (TPSA) is 64.4 Å². The molecule has 18 heavy (non-hydrogen) atoms. The number of piperidine rings is 1. The summed E-state index contributed by atoms with van der Waals surface area (Å²) in [5.74, 6) is 1.42. The van der Waals surface area contributed by atoms with Crippen molar-refractivity contribution in [2.75, 3.05) is 26.2 Å². The van der Waals surface area contributed by atoms with Crippen LogP contribution in [0.3, 0.4) is 0 Å². The minimum atomic E-state index is -0.0418. The van der Waals surface area contributed by atoms with Gasteiger partial charge in [0.05, 0.1) is 13.2 Å². The van der Waals surface area contributed by atoms with E-state index in [2.05, 4.69) is 5.32 Å². The summed E-state index contributed by atoms with van der Waals surface area (Å²) < 4.78 is 5.74. The first kappa shape index (κ1) is 13.1. The minimum Gasteiger partial charge on any atom is -0.493 e. The molecule has 1 saturated heterocycles. The summed E-state index contributed by atoms with van der Waals surface area (Å²) in [6, 6.07) is 7.22. The standard InChI is InChI=1S/C14H20N2O2/c15-9-14(17)12-1-3-13(4-2-12)18-10-11-5-7-16-8-6-11/h1-4,11,16H,5-10,15H2. The number of ether oxygens (including phenoxy) is 1. The van der Waals surface area contributed by atoms with Gasteiger partial charge in [0.25, 0.3) is 0 Å². The Kier molecular flexibility index (Phi) is 4.73. The van der Waals surface area contributed by atoms with Crippen LogP contribution < -0.4 is 15.8 Å². The van der Waals surface area contributed by atoms with Gasteiger partial charge in [-0.25, -0.2) is 0 Å². The van der Waals surface area contributed by atoms with E-state index in [1.54, 1.807) is 12.1 Å². The Morgan fingerprint density at radius 1 is 1.28 bits per heavy atom. The zero-order valence-corrected chi connectivity index (χ0v) is 10.5. The van der Waals surface area contributed by atoms with E-state index >= 15 is 0 Å². The van der Waals surface area contributed by atoms with Crippen molar-refractivity contribution in [3.8, 4) is 5.75 Å². The molecule has 2 rings (SSSR count). The van der Waals surface area contributed by atoms with Gasteiger partial charge in [0.15, 0.2) is 5.78 Å². The number of nitrogens with one attached hydrogen (secondary N) is 1. The molecule has 0 aliphatic carbocycles. The summed E-state index contributed by atoms with van der Waals surface area (Å²) >= 11 is 0. The molecule has 0 amide bonds. The lowest BCUT2D eigenvalue weighted by atomic mass is 9.99. The van der Waals surface area contributed by atoms with E-state index in [0.717, 1.165) is 25.4 Å². The Hall–Kier alpha value is -1.39. The fraction of sp³-hybridized carbons (Fsp3) is 0.500. The van der Waals surface area contributed by atoms with Crippen LogP contribution in [0.5, 0.6) is 5.75 Å². The van der Waals surface area contributed by atoms with E-state index in [9.17, 15) is 4.79 Å². The molecule has 4 nitrogen and oxygen atoms in total. The van der Waals surface area contributed by atoms with E-state index in [1.165, 1.54) is 12.8 Å².